The Morgan fingerprint density at radius 2 is 2.08 bits per heavy atom. The maximum atomic E-state index is 13.3. The van der Waals surface area contributed by atoms with E-state index >= 15 is 0 Å². The van der Waals surface area contributed by atoms with Gasteiger partial charge in [0.05, 0.1) is 5.69 Å². The van der Waals surface area contributed by atoms with Gasteiger partial charge in [0.1, 0.15) is 11.6 Å². The zero-order valence-electron chi connectivity index (χ0n) is 13.4. The number of anilines is 1. The van der Waals surface area contributed by atoms with Crippen LogP contribution in [-0.4, -0.2) is 29.2 Å². The summed E-state index contributed by atoms with van der Waals surface area (Å²) in [4.78, 5) is 17.9. The Labute approximate surface area is 142 Å². The van der Waals surface area contributed by atoms with Gasteiger partial charge in [0, 0.05) is 17.7 Å². The van der Waals surface area contributed by atoms with Gasteiger partial charge in [-0.3, -0.25) is 4.79 Å². The first-order chi connectivity index (χ1) is 12.2. The molecule has 2 aromatic carbocycles. The molecule has 0 unspecified atom stereocenters. The van der Waals surface area contributed by atoms with Crippen LogP contribution in [0.3, 0.4) is 0 Å². The van der Waals surface area contributed by atoms with E-state index < -0.39 is 0 Å². The number of benzene rings is 2. The van der Waals surface area contributed by atoms with E-state index in [1.54, 1.807) is 35.2 Å². The molecule has 3 aromatic rings. The van der Waals surface area contributed by atoms with Gasteiger partial charge in [-0.1, -0.05) is 11.2 Å². The van der Waals surface area contributed by atoms with E-state index in [9.17, 15) is 9.18 Å². The molecule has 1 aromatic heterocycles. The second kappa shape index (κ2) is 6.01. The van der Waals surface area contributed by atoms with E-state index in [0.29, 0.717) is 34.9 Å². The van der Waals surface area contributed by atoms with E-state index in [2.05, 4.69) is 10.1 Å². The lowest BCUT2D eigenvalue weighted by Crippen LogP contribution is -2.38. The lowest BCUT2D eigenvalue weighted by atomic mass is 10.1. The van der Waals surface area contributed by atoms with Crippen molar-refractivity contribution in [3.63, 3.8) is 0 Å². The van der Waals surface area contributed by atoms with Gasteiger partial charge in [-0.05, 0) is 43.3 Å². The van der Waals surface area contributed by atoms with Crippen LogP contribution in [0.5, 0.6) is 5.75 Å². The molecule has 0 radical (unpaired) electrons. The van der Waals surface area contributed by atoms with Crippen LogP contribution in [0.2, 0.25) is 0 Å². The third kappa shape index (κ3) is 2.73. The minimum Gasteiger partial charge on any atom is -0.482 e. The summed E-state index contributed by atoms with van der Waals surface area (Å²) in [5, 5.41) is 3.96. The molecule has 2 heterocycles. The summed E-state index contributed by atoms with van der Waals surface area (Å²) in [7, 11) is 0. The largest absolute Gasteiger partial charge is 0.482 e. The topological polar surface area (TPSA) is 68.5 Å². The number of halogens is 1. The Morgan fingerprint density at radius 1 is 1.20 bits per heavy atom. The van der Waals surface area contributed by atoms with Gasteiger partial charge in [-0.25, -0.2) is 4.39 Å². The highest BCUT2D eigenvalue weighted by Crippen LogP contribution is 2.35. The molecule has 0 saturated heterocycles. The number of carbonyl (C=O) groups is 1. The van der Waals surface area contributed by atoms with Crippen LogP contribution >= 0.6 is 0 Å². The van der Waals surface area contributed by atoms with Gasteiger partial charge in [0.2, 0.25) is 5.82 Å². The van der Waals surface area contributed by atoms with Crippen molar-refractivity contribution in [2.45, 2.75) is 6.92 Å². The van der Waals surface area contributed by atoms with Crippen molar-refractivity contribution in [3.05, 3.63) is 48.3 Å². The monoisotopic (exact) mass is 339 g/mol. The molecule has 4 rings (SSSR count). The number of rotatable bonds is 3. The van der Waals surface area contributed by atoms with E-state index in [1.165, 1.54) is 12.1 Å². The fourth-order valence-electron chi connectivity index (χ4n) is 2.77. The Balaban J connectivity index is 1.72. The average Bonchev–Trinajstić information content (AvgIpc) is 3.11. The fraction of sp³-hybridized carbons (Fsp3) is 0.167. The molecule has 1 aliphatic rings. The number of likely N-dealkylation sites (N-methyl/N-ethyl adjacent to an activating group) is 1. The first-order valence-corrected chi connectivity index (χ1v) is 7.83. The Hall–Kier alpha value is -3.22. The van der Waals surface area contributed by atoms with Gasteiger partial charge in [-0.2, -0.15) is 4.98 Å². The van der Waals surface area contributed by atoms with Crippen LogP contribution in [0.4, 0.5) is 10.1 Å². The Kier molecular flexibility index (Phi) is 3.68. The van der Waals surface area contributed by atoms with Gasteiger partial charge in [-0.15, -0.1) is 0 Å². The molecule has 25 heavy (non-hydrogen) atoms. The second-order valence-corrected chi connectivity index (χ2v) is 5.54. The highest BCUT2D eigenvalue weighted by molar-refractivity contribution is 5.98. The SMILES string of the molecule is CCN1C(=O)COc2ccc(-c3noc(-c4cccc(F)c4)n3)cc21. The fourth-order valence-corrected chi connectivity index (χ4v) is 2.77. The number of hydrogen-bond donors (Lipinski definition) is 0. The smallest absolute Gasteiger partial charge is 0.265 e. The lowest BCUT2D eigenvalue weighted by Gasteiger charge is -2.28. The second-order valence-electron chi connectivity index (χ2n) is 5.54. The number of amides is 1. The summed E-state index contributed by atoms with van der Waals surface area (Å²) in [6.07, 6.45) is 0. The molecular weight excluding hydrogens is 325 g/mol. The maximum absolute atomic E-state index is 13.3. The van der Waals surface area contributed by atoms with Crippen LogP contribution in [-0.2, 0) is 4.79 Å². The Morgan fingerprint density at radius 3 is 2.88 bits per heavy atom. The zero-order valence-corrected chi connectivity index (χ0v) is 13.4. The van der Waals surface area contributed by atoms with Crippen LogP contribution < -0.4 is 9.64 Å². The number of ether oxygens (including phenoxy) is 1. The number of hydrogen-bond acceptors (Lipinski definition) is 5. The third-order valence-electron chi connectivity index (χ3n) is 3.97. The van der Waals surface area contributed by atoms with Crippen LogP contribution in [0.15, 0.2) is 47.0 Å². The predicted molar refractivity (Wildman–Crippen MR) is 88.7 cm³/mol. The van der Waals surface area contributed by atoms with Crippen LogP contribution in [0.1, 0.15) is 6.92 Å². The van der Waals surface area contributed by atoms with Gasteiger partial charge < -0.3 is 14.2 Å². The first-order valence-electron chi connectivity index (χ1n) is 7.83. The lowest BCUT2D eigenvalue weighted by molar-refractivity contribution is -0.121. The summed E-state index contributed by atoms with van der Waals surface area (Å²) in [6.45, 7) is 2.47. The molecular formula is C18H14FN3O3. The first kappa shape index (κ1) is 15.3. The van der Waals surface area contributed by atoms with Gasteiger partial charge in [0.15, 0.2) is 6.61 Å². The molecule has 0 aliphatic carbocycles. The predicted octanol–water partition coefficient (Wildman–Crippen LogP) is 3.29. The maximum Gasteiger partial charge on any atom is 0.265 e. The summed E-state index contributed by atoms with van der Waals surface area (Å²) < 4.78 is 24.0. The molecule has 1 amide bonds. The van der Waals surface area contributed by atoms with Crippen LogP contribution in [0.25, 0.3) is 22.8 Å². The molecule has 0 bridgehead atoms. The average molecular weight is 339 g/mol. The van der Waals surface area contributed by atoms with Gasteiger partial charge in [0.25, 0.3) is 11.8 Å². The highest BCUT2D eigenvalue weighted by Gasteiger charge is 2.25. The number of carbonyl (C=O) groups excluding carboxylic acids is 1. The molecule has 126 valence electrons. The van der Waals surface area contributed by atoms with Gasteiger partial charge >= 0.3 is 0 Å². The molecule has 0 saturated carbocycles. The summed E-state index contributed by atoms with van der Waals surface area (Å²) in [5.41, 5.74) is 1.86. The number of fused-ring (bicyclic) bond motifs is 1. The van der Waals surface area contributed by atoms with Crippen molar-refractivity contribution in [1.29, 1.82) is 0 Å². The summed E-state index contributed by atoms with van der Waals surface area (Å²) in [5.74, 6) is 0.753. The molecule has 0 fully saturated rings. The quantitative estimate of drug-likeness (QED) is 0.732. The highest BCUT2D eigenvalue weighted by atomic mass is 19.1. The standard InChI is InChI=1S/C18H14FN3O3/c1-2-22-14-9-11(6-7-15(14)24-10-16(22)23)17-20-18(25-21-17)12-4-3-5-13(19)8-12/h3-9H,2,10H2,1H3. The Bertz CT molecular complexity index is 954. The van der Waals surface area contributed by atoms with Crippen molar-refractivity contribution in [2.24, 2.45) is 0 Å². The minimum absolute atomic E-state index is 0.0338. The van der Waals surface area contributed by atoms with Crippen LogP contribution in [0, 0.1) is 5.82 Å². The molecule has 6 nitrogen and oxygen atoms in total. The summed E-state index contributed by atoms with van der Waals surface area (Å²) in [6, 6.07) is 11.3. The normalized spacial score (nSPS) is 13.5. The van der Waals surface area contributed by atoms with E-state index in [1.807, 2.05) is 6.92 Å². The van der Waals surface area contributed by atoms with Crippen molar-refractivity contribution in [3.8, 4) is 28.6 Å². The third-order valence-corrected chi connectivity index (χ3v) is 3.97. The van der Waals surface area contributed by atoms with Crippen molar-refractivity contribution in [2.75, 3.05) is 18.1 Å². The number of aromatic nitrogens is 2. The van der Waals surface area contributed by atoms with E-state index in [0.717, 1.165) is 0 Å². The molecule has 0 atom stereocenters. The van der Waals surface area contributed by atoms with E-state index in [4.69, 9.17) is 9.26 Å². The number of nitrogens with zero attached hydrogens (tertiary/aromatic N) is 3. The molecule has 0 spiro atoms. The molecule has 1 aliphatic heterocycles. The molecule has 0 N–H and O–H groups in total. The molecule has 7 heteroatoms. The summed E-state index contributed by atoms with van der Waals surface area (Å²) >= 11 is 0. The van der Waals surface area contributed by atoms with Crippen molar-refractivity contribution < 1.29 is 18.4 Å². The zero-order chi connectivity index (χ0) is 17.4. The van der Waals surface area contributed by atoms with Crippen molar-refractivity contribution in [1.82, 2.24) is 10.1 Å². The van der Waals surface area contributed by atoms with Crippen molar-refractivity contribution >= 4 is 11.6 Å². The minimum atomic E-state index is -0.375. The van der Waals surface area contributed by atoms with E-state index in [-0.39, 0.29) is 24.2 Å².